The number of carbonyl (C=O) groups excluding carboxylic acids is 1. The molecule has 0 aromatic carbocycles. The van der Waals surface area contributed by atoms with Gasteiger partial charge in [0, 0.05) is 5.75 Å². The summed E-state index contributed by atoms with van der Waals surface area (Å²) in [5.74, 6) is -0.241. The van der Waals surface area contributed by atoms with Crippen LogP contribution in [0.1, 0.15) is 6.92 Å². The second-order valence-corrected chi connectivity index (χ2v) is 2.26. The molecule has 0 saturated carbocycles. The summed E-state index contributed by atoms with van der Waals surface area (Å²) >= 11 is 3.81. The second kappa shape index (κ2) is 2.37. The van der Waals surface area contributed by atoms with Crippen molar-refractivity contribution in [3.05, 3.63) is 0 Å². The zero-order valence-corrected chi connectivity index (χ0v) is 5.61. The summed E-state index contributed by atoms with van der Waals surface area (Å²) in [5, 5.41) is 0. The standard InChI is InChI=1S/C4H10N2OS/c1-4(6,2-8)3(5)7/h8H,2,6H2,1H3,(H2,5,7)/t4-/m0/s1. The SMILES string of the molecule is C[C@](N)(CS)C(N)=O. The molecule has 0 aliphatic carbocycles. The number of carbonyl (C=O) groups is 1. The van der Waals surface area contributed by atoms with Crippen LogP contribution in [-0.4, -0.2) is 17.2 Å². The van der Waals surface area contributed by atoms with Crippen LogP contribution in [0.5, 0.6) is 0 Å². The van der Waals surface area contributed by atoms with Gasteiger partial charge < -0.3 is 11.5 Å². The molecule has 0 radical (unpaired) electrons. The van der Waals surface area contributed by atoms with Crippen LogP contribution in [0.4, 0.5) is 0 Å². The molecule has 0 aliphatic heterocycles. The van der Waals surface area contributed by atoms with Gasteiger partial charge >= 0.3 is 0 Å². The number of rotatable bonds is 2. The zero-order valence-electron chi connectivity index (χ0n) is 4.72. The number of primary amides is 1. The molecule has 0 fully saturated rings. The van der Waals surface area contributed by atoms with Crippen LogP contribution >= 0.6 is 12.6 Å². The van der Waals surface area contributed by atoms with Crippen molar-refractivity contribution in [2.45, 2.75) is 12.5 Å². The molecule has 0 aromatic rings. The predicted octanol–water partition coefficient (Wildman–Crippen LogP) is -0.881. The second-order valence-electron chi connectivity index (χ2n) is 1.94. The first-order chi connectivity index (χ1) is 3.50. The summed E-state index contributed by atoms with van der Waals surface area (Å²) < 4.78 is 0. The van der Waals surface area contributed by atoms with Gasteiger partial charge in [-0.25, -0.2) is 0 Å². The highest BCUT2D eigenvalue weighted by atomic mass is 32.1. The van der Waals surface area contributed by atoms with Crippen LogP contribution in [-0.2, 0) is 4.79 Å². The van der Waals surface area contributed by atoms with Gasteiger partial charge in [0.15, 0.2) is 0 Å². The van der Waals surface area contributed by atoms with E-state index in [0.717, 1.165) is 0 Å². The maximum atomic E-state index is 10.3. The molecule has 3 nitrogen and oxygen atoms in total. The van der Waals surface area contributed by atoms with Crippen molar-refractivity contribution in [1.82, 2.24) is 0 Å². The van der Waals surface area contributed by atoms with Gasteiger partial charge in [0.1, 0.15) is 5.54 Å². The minimum Gasteiger partial charge on any atom is -0.368 e. The Morgan fingerprint density at radius 2 is 2.25 bits per heavy atom. The van der Waals surface area contributed by atoms with Crippen LogP contribution in [0.25, 0.3) is 0 Å². The number of thiol groups is 1. The number of hydrogen-bond acceptors (Lipinski definition) is 3. The van der Waals surface area contributed by atoms with Crippen molar-refractivity contribution in [1.29, 1.82) is 0 Å². The van der Waals surface area contributed by atoms with Gasteiger partial charge in [0.05, 0.1) is 0 Å². The lowest BCUT2D eigenvalue weighted by molar-refractivity contribution is -0.121. The molecule has 1 amide bonds. The normalized spacial score (nSPS) is 17.4. The van der Waals surface area contributed by atoms with Crippen molar-refractivity contribution < 1.29 is 4.79 Å². The highest BCUT2D eigenvalue weighted by molar-refractivity contribution is 7.80. The van der Waals surface area contributed by atoms with Crippen molar-refractivity contribution in [2.24, 2.45) is 11.5 Å². The molecule has 8 heavy (non-hydrogen) atoms. The minimum atomic E-state index is -0.955. The highest BCUT2D eigenvalue weighted by Gasteiger charge is 2.22. The summed E-state index contributed by atoms with van der Waals surface area (Å²) in [4.78, 5) is 10.3. The molecule has 0 aromatic heterocycles. The maximum Gasteiger partial charge on any atom is 0.238 e. The fourth-order valence-corrected chi connectivity index (χ4v) is 0.234. The van der Waals surface area contributed by atoms with E-state index in [1.54, 1.807) is 6.92 Å². The third-order valence-electron chi connectivity index (χ3n) is 0.891. The van der Waals surface area contributed by atoms with Gasteiger partial charge in [-0.15, -0.1) is 0 Å². The van der Waals surface area contributed by atoms with E-state index in [1.165, 1.54) is 0 Å². The Morgan fingerprint density at radius 3 is 2.25 bits per heavy atom. The molecule has 0 unspecified atom stereocenters. The fourth-order valence-electron chi connectivity index (χ4n) is 0.0779. The summed E-state index contributed by atoms with van der Waals surface area (Å²) in [7, 11) is 0. The lowest BCUT2D eigenvalue weighted by Crippen LogP contribution is -2.50. The predicted molar refractivity (Wildman–Crippen MR) is 35.6 cm³/mol. The topological polar surface area (TPSA) is 69.1 Å². The highest BCUT2D eigenvalue weighted by Crippen LogP contribution is 1.98. The fraction of sp³-hybridized carbons (Fsp3) is 0.750. The summed E-state index contributed by atoms with van der Waals surface area (Å²) in [6.07, 6.45) is 0. The Labute approximate surface area is 53.8 Å². The van der Waals surface area contributed by atoms with Crippen LogP contribution in [0.3, 0.4) is 0 Å². The molecule has 4 N–H and O–H groups in total. The number of amides is 1. The Balaban J connectivity index is 3.91. The quantitative estimate of drug-likeness (QED) is 0.429. The van der Waals surface area contributed by atoms with Crippen LogP contribution < -0.4 is 11.5 Å². The first-order valence-electron chi connectivity index (χ1n) is 2.20. The molecule has 1 atom stereocenters. The monoisotopic (exact) mass is 134 g/mol. The van der Waals surface area contributed by atoms with Crippen molar-refractivity contribution in [3.63, 3.8) is 0 Å². The molecule has 0 rings (SSSR count). The van der Waals surface area contributed by atoms with Gasteiger partial charge in [-0.05, 0) is 6.92 Å². The first kappa shape index (κ1) is 7.78. The minimum absolute atomic E-state index is 0.280. The lowest BCUT2D eigenvalue weighted by atomic mass is 10.1. The van der Waals surface area contributed by atoms with Gasteiger partial charge in [-0.1, -0.05) is 0 Å². The van der Waals surface area contributed by atoms with Crippen molar-refractivity contribution >= 4 is 18.5 Å². The Morgan fingerprint density at radius 1 is 1.88 bits per heavy atom. The number of hydrogen-bond donors (Lipinski definition) is 3. The molecule has 0 heterocycles. The van der Waals surface area contributed by atoms with E-state index >= 15 is 0 Å². The third-order valence-corrected chi connectivity index (χ3v) is 1.55. The number of nitrogens with two attached hydrogens (primary N) is 2. The van der Waals surface area contributed by atoms with Crippen molar-refractivity contribution in [2.75, 3.05) is 5.75 Å². The van der Waals surface area contributed by atoms with Crippen LogP contribution in [0, 0.1) is 0 Å². The molecular formula is C4H10N2OS. The van der Waals surface area contributed by atoms with E-state index in [0.29, 0.717) is 0 Å². The summed E-state index contributed by atoms with van der Waals surface area (Å²) in [5.41, 5.74) is 9.22. The van der Waals surface area contributed by atoms with Gasteiger partial charge in [-0.3, -0.25) is 4.79 Å². The van der Waals surface area contributed by atoms with E-state index in [1.807, 2.05) is 0 Å². The van der Waals surface area contributed by atoms with Crippen LogP contribution in [0.2, 0.25) is 0 Å². The lowest BCUT2D eigenvalue weighted by Gasteiger charge is -2.15. The van der Waals surface area contributed by atoms with E-state index < -0.39 is 11.4 Å². The van der Waals surface area contributed by atoms with E-state index in [2.05, 4.69) is 12.6 Å². The smallest absolute Gasteiger partial charge is 0.238 e. The molecule has 0 spiro atoms. The zero-order chi connectivity index (χ0) is 6.78. The molecule has 4 heteroatoms. The summed E-state index contributed by atoms with van der Waals surface area (Å²) in [6.45, 7) is 1.54. The average molecular weight is 134 g/mol. The molecule has 0 aliphatic rings. The largest absolute Gasteiger partial charge is 0.368 e. The third kappa shape index (κ3) is 1.71. The van der Waals surface area contributed by atoms with Crippen LogP contribution in [0.15, 0.2) is 0 Å². The Bertz CT molecular complexity index is 102. The van der Waals surface area contributed by atoms with E-state index in [4.69, 9.17) is 11.5 Å². The Kier molecular flexibility index (Phi) is 2.30. The average Bonchev–Trinajstić information content (AvgIpc) is 1.67. The van der Waals surface area contributed by atoms with Gasteiger partial charge in [0.2, 0.25) is 5.91 Å². The molecule has 0 bridgehead atoms. The maximum absolute atomic E-state index is 10.3. The molecular weight excluding hydrogens is 124 g/mol. The molecule has 48 valence electrons. The molecule has 0 saturated heterocycles. The first-order valence-corrected chi connectivity index (χ1v) is 2.83. The Hall–Kier alpha value is -0.220. The summed E-state index contributed by atoms with van der Waals surface area (Å²) in [6, 6.07) is 0. The van der Waals surface area contributed by atoms with E-state index in [9.17, 15) is 4.79 Å². The van der Waals surface area contributed by atoms with E-state index in [-0.39, 0.29) is 5.75 Å². The van der Waals surface area contributed by atoms with Gasteiger partial charge in [-0.2, -0.15) is 12.6 Å². The van der Waals surface area contributed by atoms with Gasteiger partial charge in [0.25, 0.3) is 0 Å². The van der Waals surface area contributed by atoms with Crippen molar-refractivity contribution in [3.8, 4) is 0 Å².